The summed E-state index contributed by atoms with van der Waals surface area (Å²) >= 11 is 0. The topological polar surface area (TPSA) is 80.3 Å². The van der Waals surface area contributed by atoms with Crippen LogP contribution in [0.5, 0.6) is 0 Å². The predicted molar refractivity (Wildman–Crippen MR) is 104 cm³/mol. The molecular weight excluding hydrogens is 392 g/mol. The minimum Gasteiger partial charge on any atom is -0.545 e. The molecule has 5 heteroatoms. The van der Waals surface area contributed by atoms with Crippen LogP contribution >= 0.6 is 0 Å². The second-order valence-corrected chi connectivity index (χ2v) is 6.56. The summed E-state index contributed by atoms with van der Waals surface area (Å²) in [6.45, 7) is 4.39. The van der Waals surface area contributed by atoms with Gasteiger partial charge >= 0.3 is 0 Å². The van der Waals surface area contributed by atoms with Crippen LogP contribution in [0.2, 0.25) is 0 Å². The summed E-state index contributed by atoms with van der Waals surface area (Å²) < 4.78 is 0. The van der Waals surface area contributed by atoms with E-state index in [1.807, 2.05) is 0 Å². The van der Waals surface area contributed by atoms with E-state index in [0.717, 1.165) is 37.8 Å². The quantitative estimate of drug-likeness (QED) is 0.210. The second-order valence-electron chi connectivity index (χ2n) is 6.56. The van der Waals surface area contributed by atoms with Gasteiger partial charge in [-0.15, -0.1) is 0 Å². The standard InChI is InChI=1S/2C11H20O2.Cu/c2*1-2-3-4-5-6-7-8-9-10-11(12)13;/h2*9-10H,2-8H2,1H3,(H,12,13);/p-2/b2*10-9+;. The molecular formula is C22H38CuO4-2. The van der Waals surface area contributed by atoms with E-state index < -0.39 is 11.9 Å². The molecule has 0 aromatic heterocycles. The van der Waals surface area contributed by atoms with Crippen LogP contribution in [0.1, 0.15) is 104 Å². The molecule has 0 saturated heterocycles. The molecule has 0 saturated carbocycles. The number of allylic oxidation sites excluding steroid dienone is 2. The number of carbonyl (C=O) groups excluding carboxylic acids is 2. The van der Waals surface area contributed by atoms with Gasteiger partial charge in [0.15, 0.2) is 0 Å². The third-order valence-corrected chi connectivity index (χ3v) is 3.96. The van der Waals surface area contributed by atoms with Crippen LogP contribution in [0, 0.1) is 0 Å². The molecule has 27 heavy (non-hydrogen) atoms. The molecule has 0 aromatic rings. The van der Waals surface area contributed by atoms with Gasteiger partial charge in [-0.1, -0.05) is 90.2 Å². The first kappa shape index (κ1) is 30.7. The Morgan fingerprint density at radius 3 is 1.19 bits per heavy atom. The Bertz CT molecular complexity index is 343. The summed E-state index contributed by atoms with van der Waals surface area (Å²) in [5.41, 5.74) is 0. The second kappa shape index (κ2) is 27.2. The third-order valence-electron chi connectivity index (χ3n) is 3.96. The van der Waals surface area contributed by atoms with Gasteiger partial charge in [-0.3, -0.25) is 0 Å². The minimum absolute atomic E-state index is 0. The summed E-state index contributed by atoms with van der Waals surface area (Å²) in [6.07, 6.45) is 22.2. The number of carbonyl (C=O) groups is 2. The van der Waals surface area contributed by atoms with Crippen molar-refractivity contribution < 1.29 is 36.9 Å². The van der Waals surface area contributed by atoms with Crippen molar-refractivity contribution in [3.05, 3.63) is 24.3 Å². The molecule has 0 aliphatic rings. The first-order valence-electron chi connectivity index (χ1n) is 10.3. The monoisotopic (exact) mass is 429 g/mol. The van der Waals surface area contributed by atoms with Crippen molar-refractivity contribution in [3.63, 3.8) is 0 Å². The molecule has 0 bridgehead atoms. The minimum atomic E-state index is -1.09. The van der Waals surface area contributed by atoms with E-state index in [2.05, 4.69) is 13.8 Å². The third kappa shape index (κ3) is 36.6. The molecule has 0 amide bonds. The molecule has 0 N–H and O–H groups in total. The van der Waals surface area contributed by atoms with E-state index in [1.54, 1.807) is 12.2 Å². The van der Waals surface area contributed by atoms with Crippen LogP contribution in [0.4, 0.5) is 0 Å². The number of unbranched alkanes of at least 4 members (excludes halogenated alkanes) is 12. The predicted octanol–water partition coefficient (Wildman–Crippen LogP) is 4.08. The van der Waals surface area contributed by atoms with Crippen LogP contribution < -0.4 is 10.2 Å². The number of rotatable bonds is 16. The van der Waals surface area contributed by atoms with E-state index >= 15 is 0 Å². The number of hydrogen-bond donors (Lipinski definition) is 0. The summed E-state index contributed by atoms with van der Waals surface area (Å²) in [5.74, 6) is -2.18. The largest absolute Gasteiger partial charge is 0.545 e. The van der Waals surface area contributed by atoms with Crippen LogP contribution in [0.3, 0.4) is 0 Å². The molecule has 0 unspecified atom stereocenters. The van der Waals surface area contributed by atoms with E-state index in [0.29, 0.717) is 0 Å². The molecule has 4 nitrogen and oxygen atoms in total. The number of aliphatic carboxylic acids is 2. The molecule has 0 fully saturated rings. The average molecular weight is 430 g/mol. The van der Waals surface area contributed by atoms with Gasteiger partial charge in [0.2, 0.25) is 0 Å². The van der Waals surface area contributed by atoms with Crippen LogP contribution in [-0.2, 0) is 26.7 Å². The zero-order valence-electron chi connectivity index (χ0n) is 17.1. The Morgan fingerprint density at radius 2 is 0.889 bits per heavy atom. The van der Waals surface area contributed by atoms with E-state index in [9.17, 15) is 19.8 Å². The SMILES string of the molecule is CCCCCCCC/C=C/C(=O)[O-].CCCCCCCC/C=C/C(=O)[O-].[Cu]. The fraction of sp³-hybridized carbons (Fsp3) is 0.727. The van der Waals surface area contributed by atoms with Crippen molar-refractivity contribution in [1.82, 2.24) is 0 Å². The summed E-state index contributed by atoms with van der Waals surface area (Å²) in [7, 11) is 0. The molecule has 0 spiro atoms. The van der Waals surface area contributed by atoms with Crippen molar-refractivity contribution in [2.75, 3.05) is 0 Å². The van der Waals surface area contributed by atoms with Gasteiger partial charge < -0.3 is 19.8 Å². The number of carboxylic acid groups (broad SMARTS) is 2. The van der Waals surface area contributed by atoms with E-state index in [1.165, 1.54) is 64.2 Å². The molecule has 0 aliphatic carbocycles. The first-order valence-corrected chi connectivity index (χ1v) is 10.3. The molecule has 1 radical (unpaired) electrons. The fourth-order valence-electron chi connectivity index (χ4n) is 2.44. The summed E-state index contributed by atoms with van der Waals surface area (Å²) in [5, 5.41) is 20.0. The maximum absolute atomic E-state index is 9.98. The van der Waals surface area contributed by atoms with Crippen molar-refractivity contribution in [2.24, 2.45) is 0 Å². The Balaban J connectivity index is -0.000000411. The van der Waals surface area contributed by atoms with Gasteiger partial charge in [-0.2, -0.15) is 0 Å². The normalized spacial score (nSPS) is 10.4. The van der Waals surface area contributed by atoms with Crippen molar-refractivity contribution >= 4 is 11.9 Å². The zero-order valence-corrected chi connectivity index (χ0v) is 18.1. The average Bonchev–Trinajstić information content (AvgIpc) is 2.60. The molecule has 163 valence electrons. The van der Waals surface area contributed by atoms with Gasteiger partial charge in [-0.25, -0.2) is 0 Å². The Hall–Kier alpha value is -1.06. The molecule has 0 atom stereocenters. The van der Waals surface area contributed by atoms with E-state index in [-0.39, 0.29) is 17.1 Å². The van der Waals surface area contributed by atoms with E-state index in [4.69, 9.17) is 0 Å². The van der Waals surface area contributed by atoms with Crippen LogP contribution in [-0.4, -0.2) is 11.9 Å². The first-order chi connectivity index (χ1) is 12.5. The van der Waals surface area contributed by atoms with Gasteiger partial charge in [0.05, 0.1) is 11.9 Å². The maximum atomic E-state index is 9.98. The van der Waals surface area contributed by atoms with Gasteiger partial charge in [0.1, 0.15) is 0 Å². The van der Waals surface area contributed by atoms with Crippen molar-refractivity contribution in [3.8, 4) is 0 Å². The Labute approximate surface area is 177 Å². The summed E-state index contributed by atoms with van der Waals surface area (Å²) in [4.78, 5) is 20.0. The Morgan fingerprint density at radius 1 is 0.593 bits per heavy atom. The number of hydrogen-bond acceptors (Lipinski definition) is 4. The smallest absolute Gasteiger partial charge is 0.0639 e. The molecule has 0 rings (SSSR count). The van der Waals surface area contributed by atoms with Crippen molar-refractivity contribution in [2.45, 2.75) is 104 Å². The zero-order chi connectivity index (χ0) is 19.9. The van der Waals surface area contributed by atoms with Gasteiger partial charge in [-0.05, 0) is 37.8 Å². The molecule has 0 heterocycles. The Kier molecular flexibility index (Phi) is 30.8. The maximum Gasteiger partial charge on any atom is 0.0639 e. The molecule has 0 aliphatic heterocycles. The fourth-order valence-corrected chi connectivity index (χ4v) is 2.44. The van der Waals surface area contributed by atoms with Gasteiger partial charge in [0.25, 0.3) is 0 Å². The number of carboxylic acids is 2. The van der Waals surface area contributed by atoms with Crippen LogP contribution in [0.15, 0.2) is 24.3 Å². The van der Waals surface area contributed by atoms with Crippen molar-refractivity contribution in [1.29, 1.82) is 0 Å². The molecule has 0 aromatic carbocycles. The summed E-state index contributed by atoms with van der Waals surface area (Å²) in [6, 6.07) is 0. The van der Waals surface area contributed by atoms with Gasteiger partial charge in [0, 0.05) is 17.1 Å². The van der Waals surface area contributed by atoms with Crippen LogP contribution in [0.25, 0.3) is 0 Å².